The summed E-state index contributed by atoms with van der Waals surface area (Å²) in [6.45, 7) is 0.139. The molecule has 154 valence electrons. The maximum absolute atomic E-state index is 13.0. The van der Waals surface area contributed by atoms with Gasteiger partial charge in [-0.3, -0.25) is 19.3 Å². The summed E-state index contributed by atoms with van der Waals surface area (Å²) in [7, 11) is 0. The van der Waals surface area contributed by atoms with Crippen molar-refractivity contribution < 1.29 is 14.4 Å². The van der Waals surface area contributed by atoms with E-state index in [9.17, 15) is 14.4 Å². The molecule has 3 aromatic carbocycles. The first-order valence-corrected chi connectivity index (χ1v) is 10.5. The first kappa shape index (κ1) is 19.2. The molecule has 5 heteroatoms. The topological polar surface area (TPSA) is 66.5 Å². The Kier molecular flexibility index (Phi) is 4.86. The van der Waals surface area contributed by atoms with Gasteiger partial charge in [0, 0.05) is 5.56 Å². The molecule has 0 spiro atoms. The van der Waals surface area contributed by atoms with Crippen LogP contribution in [0, 0.1) is 0 Å². The van der Waals surface area contributed by atoms with Gasteiger partial charge in [0.15, 0.2) is 0 Å². The van der Waals surface area contributed by atoms with Crippen LogP contribution >= 0.6 is 0 Å². The van der Waals surface area contributed by atoms with Crippen molar-refractivity contribution in [3.05, 3.63) is 106 Å². The fourth-order valence-corrected chi connectivity index (χ4v) is 4.52. The Bertz CT molecular complexity index is 1170. The number of imide groups is 1. The van der Waals surface area contributed by atoms with Crippen LogP contribution in [0.15, 0.2) is 72.8 Å². The van der Waals surface area contributed by atoms with Crippen LogP contribution in [0.5, 0.6) is 0 Å². The van der Waals surface area contributed by atoms with Gasteiger partial charge in [0.05, 0.1) is 23.7 Å². The molecular formula is C26H22N2O3. The van der Waals surface area contributed by atoms with E-state index in [1.54, 1.807) is 42.5 Å². The van der Waals surface area contributed by atoms with Gasteiger partial charge in [-0.1, -0.05) is 48.5 Å². The summed E-state index contributed by atoms with van der Waals surface area (Å²) in [5.74, 6) is -0.741. The second-order valence-corrected chi connectivity index (χ2v) is 8.06. The van der Waals surface area contributed by atoms with E-state index in [1.165, 1.54) is 16.0 Å². The molecule has 3 aromatic rings. The van der Waals surface area contributed by atoms with Crippen molar-refractivity contribution in [2.24, 2.45) is 0 Å². The molecule has 0 aromatic heterocycles. The van der Waals surface area contributed by atoms with E-state index in [0.717, 1.165) is 24.8 Å². The fourth-order valence-electron chi connectivity index (χ4n) is 4.52. The third-order valence-electron chi connectivity index (χ3n) is 6.08. The average Bonchev–Trinajstić information content (AvgIpc) is 3.04. The molecule has 0 radical (unpaired) electrons. The molecule has 1 heterocycles. The van der Waals surface area contributed by atoms with Gasteiger partial charge in [0.2, 0.25) is 0 Å². The molecule has 31 heavy (non-hydrogen) atoms. The summed E-state index contributed by atoms with van der Waals surface area (Å²) in [4.78, 5) is 39.5. The summed E-state index contributed by atoms with van der Waals surface area (Å²) >= 11 is 0. The minimum Gasteiger partial charge on any atom is -0.345 e. The molecule has 5 nitrogen and oxygen atoms in total. The van der Waals surface area contributed by atoms with E-state index in [0.29, 0.717) is 16.7 Å². The number of carbonyl (C=O) groups is 3. The normalized spacial score (nSPS) is 17.3. The molecule has 0 fully saturated rings. The number of rotatable bonds is 4. The zero-order valence-electron chi connectivity index (χ0n) is 17.0. The smallest absolute Gasteiger partial charge is 0.261 e. The van der Waals surface area contributed by atoms with Crippen LogP contribution in [0.2, 0.25) is 0 Å². The number of aryl methyl sites for hydroxylation is 1. The number of hydrogen-bond acceptors (Lipinski definition) is 3. The van der Waals surface area contributed by atoms with E-state index in [2.05, 4.69) is 17.4 Å². The molecule has 0 saturated heterocycles. The molecule has 1 atom stereocenters. The largest absolute Gasteiger partial charge is 0.345 e. The maximum Gasteiger partial charge on any atom is 0.261 e. The first-order valence-electron chi connectivity index (χ1n) is 10.5. The average molecular weight is 410 g/mol. The first-order chi connectivity index (χ1) is 15.1. The Morgan fingerprint density at radius 2 is 1.61 bits per heavy atom. The molecule has 3 amide bonds. The second-order valence-electron chi connectivity index (χ2n) is 8.06. The van der Waals surface area contributed by atoms with Gasteiger partial charge in [-0.15, -0.1) is 0 Å². The Labute approximate surface area is 180 Å². The maximum atomic E-state index is 13.0. The molecule has 0 bridgehead atoms. The summed E-state index contributed by atoms with van der Waals surface area (Å²) in [5.41, 5.74) is 4.60. The lowest BCUT2D eigenvalue weighted by Gasteiger charge is -2.26. The number of amides is 3. The quantitative estimate of drug-likeness (QED) is 0.653. The van der Waals surface area contributed by atoms with Crippen molar-refractivity contribution in [3.8, 4) is 0 Å². The highest BCUT2D eigenvalue weighted by atomic mass is 16.2. The van der Waals surface area contributed by atoms with Crippen LogP contribution in [0.1, 0.15) is 66.6 Å². The van der Waals surface area contributed by atoms with Crippen LogP contribution in [0.4, 0.5) is 0 Å². The third-order valence-corrected chi connectivity index (χ3v) is 6.08. The van der Waals surface area contributed by atoms with Crippen molar-refractivity contribution in [2.75, 3.05) is 0 Å². The lowest BCUT2D eigenvalue weighted by Crippen LogP contribution is -2.31. The van der Waals surface area contributed by atoms with Gasteiger partial charge < -0.3 is 5.32 Å². The highest BCUT2D eigenvalue weighted by Gasteiger charge is 2.35. The molecule has 2 aliphatic rings. The summed E-state index contributed by atoms with van der Waals surface area (Å²) in [6.07, 6.45) is 3.00. The molecule has 0 saturated carbocycles. The van der Waals surface area contributed by atoms with Crippen molar-refractivity contribution >= 4 is 17.7 Å². The summed E-state index contributed by atoms with van der Waals surface area (Å²) < 4.78 is 0. The number of nitrogens with zero attached hydrogens (tertiary/aromatic N) is 1. The minimum atomic E-state index is -0.297. The number of hydrogen-bond donors (Lipinski definition) is 1. The van der Waals surface area contributed by atoms with Crippen LogP contribution in [0.25, 0.3) is 0 Å². The highest BCUT2D eigenvalue weighted by Crippen LogP contribution is 2.30. The lowest BCUT2D eigenvalue weighted by atomic mass is 9.87. The molecule has 1 aliphatic heterocycles. The van der Waals surface area contributed by atoms with Gasteiger partial charge >= 0.3 is 0 Å². The number of nitrogens with one attached hydrogen (secondary N) is 1. The zero-order valence-corrected chi connectivity index (χ0v) is 17.0. The zero-order chi connectivity index (χ0) is 21.4. The Morgan fingerprint density at radius 1 is 0.903 bits per heavy atom. The molecule has 1 N–H and O–H groups in total. The molecule has 0 unspecified atom stereocenters. The summed E-state index contributed by atoms with van der Waals surface area (Å²) in [6, 6.07) is 22.2. The van der Waals surface area contributed by atoms with Crippen molar-refractivity contribution in [1.82, 2.24) is 10.2 Å². The van der Waals surface area contributed by atoms with Crippen LogP contribution in [0.3, 0.4) is 0 Å². The second kappa shape index (κ2) is 7.84. The van der Waals surface area contributed by atoms with Crippen LogP contribution in [-0.4, -0.2) is 22.6 Å². The molecule has 5 rings (SSSR count). The molecule has 1 aliphatic carbocycles. The summed E-state index contributed by atoms with van der Waals surface area (Å²) in [5, 5.41) is 3.16. The predicted octanol–water partition coefficient (Wildman–Crippen LogP) is 4.29. The van der Waals surface area contributed by atoms with Gasteiger partial charge in [-0.2, -0.15) is 0 Å². The standard InChI is InChI=1S/C26H22N2O3/c29-24(27-23-14-6-9-18-8-1-2-11-20(18)23)19-10-5-7-17(15-19)16-28-25(30)21-12-3-4-13-22(21)26(28)31/h1-5,7-8,10-13,15,23H,6,9,14,16H2,(H,27,29)/t23-/m1/s1. The Morgan fingerprint density at radius 3 is 2.39 bits per heavy atom. The Balaban J connectivity index is 1.33. The van der Waals surface area contributed by atoms with E-state index in [-0.39, 0.29) is 30.3 Å². The number of carbonyl (C=O) groups excluding carboxylic acids is 3. The van der Waals surface area contributed by atoms with Gasteiger partial charge in [0.1, 0.15) is 0 Å². The highest BCUT2D eigenvalue weighted by molar-refractivity contribution is 6.21. The van der Waals surface area contributed by atoms with Crippen molar-refractivity contribution in [2.45, 2.75) is 31.8 Å². The van der Waals surface area contributed by atoms with E-state index < -0.39 is 0 Å². The van der Waals surface area contributed by atoms with Gasteiger partial charge in [0.25, 0.3) is 17.7 Å². The monoisotopic (exact) mass is 410 g/mol. The lowest BCUT2D eigenvalue weighted by molar-refractivity contribution is 0.0642. The van der Waals surface area contributed by atoms with Gasteiger partial charge in [-0.25, -0.2) is 0 Å². The van der Waals surface area contributed by atoms with E-state index in [4.69, 9.17) is 0 Å². The minimum absolute atomic E-state index is 0.00246. The number of fused-ring (bicyclic) bond motifs is 2. The van der Waals surface area contributed by atoms with Gasteiger partial charge in [-0.05, 0) is 60.2 Å². The Hall–Kier alpha value is -3.73. The van der Waals surface area contributed by atoms with E-state index in [1.807, 2.05) is 18.2 Å². The third kappa shape index (κ3) is 3.52. The van der Waals surface area contributed by atoms with Crippen LogP contribution < -0.4 is 5.32 Å². The predicted molar refractivity (Wildman–Crippen MR) is 117 cm³/mol. The SMILES string of the molecule is O=C(N[C@@H]1CCCc2ccccc21)c1cccc(CN2C(=O)c3ccccc3C2=O)c1. The van der Waals surface area contributed by atoms with Crippen LogP contribution in [-0.2, 0) is 13.0 Å². The van der Waals surface area contributed by atoms with Crippen molar-refractivity contribution in [1.29, 1.82) is 0 Å². The molecular weight excluding hydrogens is 388 g/mol. The number of benzene rings is 3. The van der Waals surface area contributed by atoms with E-state index >= 15 is 0 Å². The van der Waals surface area contributed by atoms with Crippen molar-refractivity contribution in [3.63, 3.8) is 0 Å². The fraction of sp³-hybridized carbons (Fsp3) is 0.192.